The van der Waals surface area contributed by atoms with Crippen LogP contribution >= 0.6 is 0 Å². The minimum absolute atomic E-state index is 0.0176. The van der Waals surface area contributed by atoms with Crippen molar-refractivity contribution in [3.63, 3.8) is 0 Å². The lowest BCUT2D eigenvalue weighted by Crippen LogP contribution is -2.51. The molecular weight excluding hydrogens is 260 g/mol. The largest absolute Gasteiger partial charge is 0.481 e. The Labute approximate surface area is 119 Å². The molecule has 1 aliphatic carbocycles. The molecule has 4 unspecified atom stereocenters. The maximum atomic E-state index is 12.0. The van der Waals surface area contributed by atoms with Gasteiger partial charge >= 0.3 is 12.0 Å². The molecular formula is C14H24N2O4. The summed E-state index contributed by atoms with van der Waals surface area (Å²) in [5.74, 6) is -1.28. The number of carbonyl (C=O) groups is 2. The Morgan fingerprint density at radius 1 is 1.05 bits per heavy atom. The van der Waals surface area contributed by atoms with Crippen molar-refractivity contribution in [1.82, 2.24) is 10.6 Å². The summed E-state index contributed by atoms with van der Waals surface area (Å²) >= 11 is 0. The van der Waals surface area contributed by atoms with Crippen molar-refractivity contribution < 1.29 is 19.4 Å². The Bertz CT molecular complexity index is 361. The molecule has 2 aliphatic rings. The van der Waals surface area contributed by atoms with E-state index in [4.69, 9.17) is 4.74 Å². The predicted molar refractivity (Wildman–Crippen MR) is 73.5 cm³/mol. The van der Waals surface area contributed by atoms with Gasteiger partial charge in [-0.15, -0.1) is 0 Å². The fourth-order valence-corrected chi connectivity index (χ4v) is 3.08. The first-order valence-corrected chi connectivity index (χ1v) is 7.49. The summed E-state index contributed by atoms with van der Waals surface area (Å²) in [6.45, 7) is 2.59. The van der Waals surface area contributed by atoms with Gasteiger partial charge in [0.25, 0.3) is 0 Å². The smallest absolute Gasteiger partial charge is 0.315 e. The molecule has 1 aliphatic heterocycles. The third-order valence-electron chi connectivity index (χ3n) is 4.34. The van der Waals surface area contributed by atoms with Gasteiger partial charge in [0.1, 0.15) is 0 Å². The number of ether oxygens (including phenoxy) is 1. The molecule has 3 N–H and O–H groups in total. The highest BCUT2D eigenvalue weighted by Gasteiger charge is 2.32. The summed E-state index contributed by atoms with van der Waals surface area (Å²) in [7, 11) is 0. The molecule has 2 fully saturated rings. The predicted octanol–water partition coefficient (Wildman–Crippen LogP) is 1.50. The van der Waals surface area contributed by atoms with Crippen LogP contribution < -0.4 is 10.6 Å². The minimum atomic E-state index is -0.810. The summed E-state index contributed by atoms with van der Waals surface area (Å²) in [6.07, 6.45) is 5.13. The van der Waals surface area contributed by atoms with Gasteiger partial charge in [-0.25, -0.2) is 4.79 Å². The summed E-state index contributed by atoms with van der Waals surface area (Å²) in [5.41, 5.74) is 0. The van der Waals surface area contributed by atoms with Crippen molar-refractivity contribution in [3.05, 3.63) is 0 Å². The number of carboxylic acid groups (broad SMARTS) is 1. The molecule has 1 saturated heterocycles. The SMILES string of the molecule is CC1OCCC1NC(=O)NC1CCCCCC1C(=O)O. The topological polar surface area (TPSA) is 87.7 Å². The van der Waals surface area contributed by atoms with E-state index in [1.165, 1.54) is 0 Å². The van der Waals surface area contributed by atoms with E-state index in [2.05, 4.69) is 10.6 Å². The van der Waals surface area contributed by atoms with Gasteiger partial charge in [-0.3, -0.25) is 4.79 Å². The Morgan fingerprint density at radius 3 is 2.40 bits per heavy atom. The second-order valence-electron chi connectivity index (χ2n) is 5.78. The lowest BCUT2D eigenvalue weighted by molar-refractivity contribution is -0.142. The zero-order chi connectivity index (χ0) is 14.5. The number of carboxylic acids is 1. The molecule has 2 rings (SSSR count). The van der Waals surface area contributed by atoms with Gasteiger partial charge in [0.15, 0.2) is 0 Å². The number of amides is 2. The van der Waals surface area contributed by atoms with E-state index in [0.717, 1.165) is 32.1 Å². The molecule has 0 radical (unpaired) electrons. The van der Waals surface area contributed by atoms with Gasteiger partial charge in [0, 0.05) is 12.6 Å². The van der Waals surface area contributed by atoms with E-state index in [0.29, 0.717) is 13.0 Å². The first kappa shape index (κ1) is 15.1. The number of rotatable bonds is 3. The molecule has 6 heteroatoms. The Morgan fingerprint density at radius 2 is 1.75 bits per heavy atom. The highest BCUT2D eigenvalue weighted by molar-refractivity contribution is 5.77. The highest BCUT2D eigenvalue weighted by Crippen LogP contribution is 2.24. The van der Waals surface area contributed by atoms with E-state index in [-0.39, 0.29) is 24.2 Å². The molecule has 1 saturated carbocycles. The highest BCUT2D eigenvalue weighted by atomic mass is 16.5. The van der Waals surface area contributed by atoms with Crippen molar-refractivity contribution in [1.29, 1.82) is 0 Å². The molecule has 2 amide bonds. The van der Waals surface area contributed by atoms with Crippen LogP contribution in [0.15, 0.2) is 0 Å². The second kappa shape index (κ2) is 6.92. The fourth-order valence-electron chi connectivity index (χ4n) is 3.08. The van der Waals surface area contributed by atoms with Gasteiger partial charge in [-0.1, -0.05) is 19.3 Å². The van der Waals surface area contributed by atoms with Gasteiger partial charge in [-0.05, 0) is 26.2 Å². The molecule has 1 heterocycles. The van der Waals surface area contributed by atoms with E-state index in [1.807, 2.05) is 6.92 Å². The lowest BCUT2D eigenvalue weighted by atomic mass is 9.95. The van der Waals surface area contributed by atoms with Crippen LogP contribution in [0.4, 0.5) is 4.79 Å². The van der Waals surface area contributed by atoms with Crippen LogP contribution in [0, 0.1) is 5.92 Å². The molecule has 0 aromatic heterocycles. The Kier molecular flexibility index (Phi) is 5.23. The maximum Gasteiger partial charge on any atom is 0.315 e. The van der Waals surface area contributed by atoms with E-state index >= 15 is 0 Å². The molecule has 4 atom stereocenters. The zero-order valence-corrected chi connectivity index (χ0v) is 11.9. The van der Waals surface area contributed by atoms with Crippen molar-refractivity contribution in [2.75, 3.05) is 6.61 Å². The Balaban J connectivity index is 1.88. The van der Waals surface area contributed by atoms with Crippen molar-refractivity contribution in [2.45, 2.75) is 63.6 Å². The van der Waals surface area contributed by atoms with E-state index in [1.54, 1.807) is 0 Å². The lowest BCUT2D eigenvalue weighted by Gasteiger charge is -2.24. The van der Waals surface area contributed by atoms with Crippen LogP contribution in [0.2, 0.25) is 0 Å². The number of hydrogen-bond acceptors (Lipinski definition) is 3. The monoisotopic (exact) mass is 284 g/mol. The summed E-state index contributed by atoms with van der Waals surface area (Å²) in [6, 6.07) is -0.526. The Hall–Kier alpha value is -1.30. The van der Waals surface area contributed by atoms with Gasteiger partial charge in [0.05, 0.1) is 18.1 Å². The average Bonchev–Trinajstić information content (AvgIpc) is 2.65. The minimum Gasteiger partial charge on any atom is -0.481 e. The van der Waals surface area contributed by atoms with Crippen molar-refractivity contribution in [3.8, 4) is 0 Å². The molecule has 0 aromatic rings. The maximum absolute atomic E-state index is 12.0. The molecule has 114 valence electrons. The fraction of sp³-hybridized carbons (Fsp3) is 0.857. The van der Waals surface area contributed by atoms with Crippen LogP contribution in [-0.4, -0.2) is 41.9 Å². The molecule has 0 bridgehead atoms. The average molecular weight is 284 g/mol. The zero-order valence-electron chi connectivity index (χ0n) is 11.9. The standard InChI is InChI=1S/C14H24N2O4/c1-9-11(7-8-20-9)15-14(19)16-12-6-4-2-3-5-10(12)13(17)18/h9-12H,2-8H2,1H3,(H,17,18)(H2,15,16,19). The number of carbonyl (C=O) groups excluding carboxylic acids is 1. The van der Waals surface area contributed by atoms with Crippen molar-refractivity contribution >= 4 is 12.0 Å². The first-order valence-electron chi connectivity index (χ1n) is 7.49. The van der Waals surface area contributed by atoms with Gasteiger partial charge in [-0.2, -0.15) is 0 Å². The number of hydrogen-bond donors (Lipinski definition) is 3. The molecule has 6 nitrogen and oxygen atoms in total. The number of urea groups is 1. The normalized spacial score (nSPS) is 34.2. The van der Waals surface area contributed by atoms with Crippen LogP contribution in [0.25, 0.3) is 0 Å². The second-order valence-corrected chi connectivity index (χ2v) is 5.78. The third kappa shape index (κ3) is 3.85. The molecule has 0 spiro atoms. The van der Waals surface area contributed by atoms with E-state index in [9.17, 15) is 14.7 Å². The van der Waals surface area contributed by atoms with E-state index < -0.39 is 11.9 Å². The molecule has 0 aromatic carbocycles. The van der Waals surface area contributed by atoms with Crippen LogP contribution in [0.3, 0.4) is 0 Å². The molecule has 20 heavy (non-hydrogen) atoms. The summed E-state index contributed by atoms with van der Waals surface area (Å²) in [5, 5.41) is 15.0. The number of nitrogens with one attached hydrogen (secondary N) is 2. The first-order chi connectivity index (χ1) is 9.58. The van der Waals surface area contributed by atoms with Gasteiger partial charge in [0.2, 0.25) is 0 Å². The van der Waals surface area contributed by atoms with Crippen LogP contribution in [0.1, 0.15) is 45.4 Å². The summed E-state index contributed by atoms with van der Waals surface area (Å²) in [4.78, 5) is 23.3. The van der Waals surface area contributed by atoms with Crippen LogP contribution in [0.5, 0.6) is 0 Å². The van der Waals surface area contributed by atoms with Crippen molar-refractivity contribution in [2.24, 2.45) is 5.92 Å². The van der Waals surface area contributed by atoms with Gasteiger partial charge < -0.3 is 20.5 Å². The quantitative estimate of drug-likeness (QED) is 0.685. The number of aliphatic carboxylic acids is 1. The third-order valence-corrected chi connectivity index (χ3v) is 4.34. The summed E-state index contributed by atoms with van der Waals surface area (Å²) < 4.78 is 5.40. The van der Waals surface area contributed by atoms with Crippen LogP contribution in [-0.2, 0) is 9.53 Å².